The molecule has 1 aliphatic rings. The molecule has 19 heavy (non-hydrogen) atoms. The summed E-state index contributed by atoms with van der Waals surface area (Å²) in [7, 11) is -3.21. The van der Waals surface area contributed by atoms with Gasteiger partial charge in [0.1, 0.15) is 0 Å². The molecule has 0 bridgehead atoms. The Labute approximate surface area is 113 Å². The summed E-state index contributed by atoms with van der Waals surface area (Å²) in [6.07, 6.45) is 0.601. The zero-order valence-electron chi connectivity index (χ0n) is 10.9. The molecule has 1 fully saturated rings. The maximum absolute atomic E-state index is 11.9. The quantitative estimate of drug-likeness (QED) is 0.892. The summed E-state index contributed by atoms with van der Waals surface area (Å²) < 4.78 is 24.4. The molecule has 1 aromatic carbocycles. The molecule has 6 heteroatoms. The minimum atomic E-state index is -3.21. The molecule has 104 valence electrons. The third-order valence-electron chi connectivity index (χ3n) is 3.20. The van der Waals surface area contributed by atoms with Gasteiger partial charge < -0.3 is 5.32 Å². The monoisotopic (exact) mass is 282 g/mol. The van der Waals surface area contributed by atoms with Crippen molar-refractivity contribution in [2.24, 2.45) is 0 Å². The summed E-state index contributed by atoms with van der Waals surface area (Å²) in [6.45, 7) is 2.24. The lowest BCUT2D eigenvalue weighted by Crippen LogP contribution is -2.39. The standard InChI is InChI=1S/C13H18N2O3S/c1-11(12-6-3-2-4-7-12)14-13(16)10-15-8-5-9-19(15,17)18/h2-4,6-7,11H,5,8-10H2,1H3,(H,14,16). The van der Waals surface area contributed by atoms with E-state index in [1.807, 2.05) is 37.3 Å². The predicted octanol–water partition coefficient (Wildman–Crippen LogP) is 0.899. The zero-order valence-corrected chi connectivity index (χ0v) is 11.7. The highest BCUT2D eigenvalue weighted by atomic mass is 32.2. The van der Waals surface area contributed by atoms with Gasteiger partial charge in [-0.1, -0.05) is 30.3 Å². The van der Waals surface area contributed by atoms with E-state index in [-0.39, 0.29) is 24.2 Å². The molecule has 0 saturated carbocycles. The summed E-state index contributed by atoms with van der Waals surface area (Å²) in [6, 6.07) is 9.45. The second-order valence-corrected chi connectivity index (χ2v) is 6.79. The second-order valence-electron chi connectivity index (χ2n) is 4.70. The van der Waals surface area contributed by atoms with E-state index in [0.717, 1.165) is 5.56 Å². The van der Waals surface area contributed by atoms with Crippen molar-refractivity contribution < 1.29 is 13.2 Å². The number of hydrogen-bond acceptors (Lipinski definition) is 3. The number of nitrogens with one attached hydrogen (secondary N) is 1. The van der Waals surface area contributed by atoms with Gasteiger partial charge in [-0.2, -0.15) is 4.31 Å². The average molecular weight is 282 g/mol. The summed E-state index contributed by atoms with van der Waals surface area (Å²) >= 11 is 0. The van der Waals surface area contributed by atoms with E-state index in [1.54, 1.807) is 0 Å². The molecule has 1 N–H and O–H groups in total. The lowest BCUT2D eigenvalue weighted by Gasteiger charge is -2.17. The molecule has 5 nitrogen and oxygen atoms in total. The molecule has 1 aliphatic heterocycles. The molecule has 1 aromatic rings. The smallest absolute Gasteiger partial charge is 0.235 e. The van der Waals surface area contributed by atoms with Gasteiger partial charge in [0.25, 0.3) is 0 Å². The summed E-state index contributed by atoms with van der Waals surface area (Å²) in [5.41, 5.74) is 1.00. The Morgan fingerprint density at radius 3 is 2.63 bits per heavy atom. The maximum Gasteiger partial charge on any atom is 0.235 e. The molecule has 0 radical (unpaired) electrons. The van der Waals surface area contributed by atoms with Crippen molar-refractivity contribution in [1.82, 2.24) is 9.62 Å². The number of nitrogens with zero attached hydrogens (tertiary/aromatic N) is 1. The van der Waals surface area contributed by atoms with Crippen LogP contribution in [0, 0.1) is 0 Å². The van der Waals surface area contributed by atoms with Crippen molar-refractivity contribution in [1.29, 1.82) is 0 Å². The van der Waals surface area contributed by atoms with Crippen LogP contribution in [-0.2, 0) is 14.8 Å². The van der Waals surface area contributed by atoms with Gasteiger partial charge in [-0.3, -0.25) is 4.79 Å². The fraction of sp³-hybridized carbons (Fsp3) is 0.462. The fourth-order valence-electron chi connectivity index (χ4n) is 2.14. The van der Waals surface area contributed by atoms with Crippen molar-refractivity contribution in [2.75, 3.05) is 18.8 Å². The molecule has 1 saturated heterocycles. The van der Waals surface area contributed by atoms with Crippen LogP contribution in [0.1, 0.15) is 24.9 Å². The first-order valence-corrected chi connectivity index (χ1v) is 7.92. The molecule has 1 amide bonds. The molecule has 1 atom stereocenters. The maximum atomic E-state index is 11.9. The Kier molecular flexibility index (Phi) is 4.21. The molecule has 0 spiro atoms. The van der Waals surface area contributed by atoms with Crippen molar-refractivity contribution in [3.63, 3.8) is 0 Å². The number of amides is 1. The Morgan fingerprint density at radius 2 is 2.05 bits per heavy atom. The van der Waals surface area contributed by atoms with E-state index >= 15 is 0 Å². The molecule has 1 heterocycles. The normalized spacial score (nSPS) is 20.1. The molecular weight excluding hydrogens is 264 g/mol. The summed E-state index contributed by atoms with van der Waals surface area (Å²) in [5, 5.41) is 2.82. The topological polar surface area (TPSA) is 66.5 Å². The van der Waals surface area contributed by atoms with Crippen molar-refractivity contribution >= 4 is 15.9 Å². The van der Waals surface area contributed by atoms with E-state index < -0.39 is 10.0 Å². The van der Waals surface area contributed by atoms with Crippen molar-refractivity contribution in [2.45, 2.75) is 19.4 Å². The van der Waals surface area contributed by atoms with Crippen LogP contribution in [0.3, 0.4) is 0 Å². The zero-order chi connectivity index (χ0) is 13.9. The van der Waals surface area contributed by atoms with Crippen LogP contribution in [0.15, 0.2) is 30.3 Å². The number of sulfonamides is 1. The van der Waals surface area contributed by atoms with Gasteiger partial charge in [0.05, 0.1) is 18.3 Å². The van der Waals surface area contributed by atoms with Crippen molar-refractivity contribution in [3.8, 4) is 0 Å². The van der Waals surface area contributed by atoms with Gasteiger partial charge in [0, 0.05) is 6.54 Å². The number of benzene rings is 1. The van der Waals surface area contributed by atoms with Crippen LogP contribution in [-0.4, -0.2) is 37.5 Å². The van der Waals surface area contributed by atoms with E-state index in [4.69, 9.17) is 0 Å². The Hall–Kier alpha value is -1.40. The van der Waals surface area contributed by atoms with E-state index in [0.29, 0.717) is 13.0 Å². The van der Waals surface area contributed by atoms with Crippen molar-refractivity contribution in [3.05, 3.63) is 35.9 Å². The Balaban J connectivity index is 1.92. The largest absolute Gasteiger partial charge is 0.348 e. The lowest BCUT2D eigenvalue weighted by atomic mass is 10.1. The Bertz CT molecular complexity index is 542. The number of rotatable bonds is 4. The van der Waals surface area contributed by atoms with Crippen LogP contribution in [0.25, 0.3) is 0 Å². The second kappa shape index (κ2) is 5.71. The number of carbonyl (C=O) groups excluding carboxylic acids is 1. The van der Waals surface area contributed by atoms with Gasteiger partial charge in [-0.05, 0) is 18.9 Å². The summed E-state index contributed by atoms with van der Waals surface area (Å²) in [5.74, 6) is -0.115. The van der Waals surface area contributed by atoms with Gasteiger partial charge in [0.2, 0.25) is 15.9 Å². The molecule has 2 rings (SSSR count). The van der Waals surface area contributed by atoms with E-state index in [1.165, 1.54) is 4.31 Å². The molecular formula is C13H18N2O3S. The van der Waals surface area contributed by atoms with Crippen LogP contribution in [0.4, 0.5) is 0 Å². The highest BCUT2D eigenvalue weighted by Gasteiger charge is 2.29. The fourth-order valence-corrected chi connectivity index (χ4v) is 3.61. The van der Waals surface area contributed by atoms with E-state index in [9.17, 15) is 13.2 Å². The third kappa shape index (κ3) is 3.54. The highest BCUT2D eigenvalue weighted by Crippen LogP contribution is 2.14. The van der Waals surface area contributed by atoms with Crippen LogP contribution >= 0.6 is 0 Å². The third-order valence-corrected chi connectivity index (χ3v) is 5.10. The first-order chi connectivity index (χ1) is 8.99. The van der Waals surface area contributed by atoms with Crippen LogP contribution < -0.4 is 5.32 Å². The molecule has 0 aliphatic carbocycles. The van der Waals surface area contributed by atoms with Gasteiger partial charge in [-0.15, -0.1) is 0 Å². The predicted molar refractivity (Wildman–Crippen MR) is 73.0 cm³/mol. The Morgan fingerprint density at radius 1 is 1.37 bits per heavy atom. The van der Waals surface area contributed by atoms with E-state index in [2.05, 4.69) is 5.32 Å². The van der Waals surface area contributed by atoms with Gasteiger partial charge in [-0.25, -0.2) is 8.42 Å². The minimum absolute atomic E-state index is 0.0838. The lowest BCUT2D eigenvalue weighted by molar-refractivity contribution is -0.121. The van der Waals surface area contributed by atoms with Crippen LogP contribution in [0.5, 0.6) is 0 Å². The SMILES string of the molecule is CC(NC(=O)CN1CCCS1(=O)=O)c1ccccc1. The first-order valence-electron chi connectivity index (χ1n) is 6.31. The summed E-state index contributed by atoms with van der Waals surface area (Å²) in [4.78, 5) is 11.9. The average Bonchev–Trinajstić information content (AvgIpc) is 2.69. The van der Waals surface area contributed by atoms with Gasteiger partial charge in [0.15, 0.2) is 0 Å². The number of hydrogen-bond donors (Lipinski definition) is 1. The molecule has 0 aromatic heterocycles. The highest BCUT2D eigenvalue weighted by molar-refractivity contribution is 7.89. The number of carbonyl (C=O) groups is 1. The first kappa shape index (κ1) is 14.0. The molecule has 1 unspecified atom stereocenters. The van der Waals surface area contributed by atoms with Gasteiger partial charge >= 0.3 is 0 Å². The van der Waals surface area contributed by atoms with Crippen LogP contribution in [0.2, 0.25) is 0 Å². The minimum Gasteiger partial charge on any atom is -0.348 e.